The minimum absolute atomic E-state index is 0.0380. The van der Waals surface area contributed by atoms with Crippen molar-refractivity contribution in [1.29, 1.82) is 0 Å². The SMILES string of the molecule is COCCCn1c(C)cc(C(=O)COc2ccc(Br)cc2Cl)c1C. The van der Waals surface area contributed by atoms with Gasteiger partial charge in [-0.1, -0.05) is 27.5 Å². The summed E-state index contributed by atoms with van der Waals surface area (Å²) in [5, 5.41) is 0.474. The Morgan fingerprint density at radius 3 is 2.71 bits per heavy atom. The number of halogens is 2. The lowest BCUT2D eigenvalue weighted by molar-refractivity contribution is 0.0921. The topological polar surface area (TPSA) is 40.5 Å². The summed E-state index contributed by atoms with van der Waals surface area (Å²) in [7, 11) is 1.69. The maximum atomic E-state index is 12.5. The number of aryl methyl sites for hydroxylation is 1. The van der Waals surface area contributed by atoms with Crippen LogP contribution >= 0.6 is 27.5 Å². The van der Waals surface area contributed by atoms with E-state index in [4.69, 9.17) is 21.1 Å². The van der Waals surface area contributed by atoms with Crippen molar-refractivity contribution in [2.75, 3.05) is 20.3 Å². The molecule has 130 valence electrons. The van der Waals surface area contributed by atoms with E-state index in [9.17, 15) is 4.79 Å². The molecule has 2 aromatic rings. The highest BCUT2D eigenvalue weighted by molar-refractivity contribution is 9.10. The molecule has 0 aliphatic rings. The van der Waals surface area contributed by atoms with E-state index in [2.05, 4.69) is 20.5 Å². The Bertz CT molecular complexity index is 727. The second-order valence-corrected chi connectivity index (χ2v) is 6.89. The monoisotopic (exact) mass is 413 g/mol. The van der Waals surface area contributed by atoms with Crippen LogP contribution in [0.4, 0.5) is 0 Å². The van der Waals surface area contributed by atoms with Crippen molar-refractivity contribution in [3.63, 3.8) is 0 Å². The molecule has 1 heterocycles. The normalized spacial score (nSPS) is 10.9. The van der Waals surface area contributed by atoms with Crippen LogP contribution in [0.3, 0.4) is 0 Å². The summed E-state index contributed by atoms with van der Waals surface area (Å²) in [5.74, 6) is 0.446. The molecule has 0 fully saturated rings. The molecule has 0 spiro atoms. The Kier molecular flexibility index (Phi) is 6.90. The molecule has 6 heteroatoms. The summed E-state index contributed by atoms with van der Waals surface area (Å²) in [5.41, 5.74) is 2.71. The Labute approximate surface area is 155 Å². The minimum atomic E-state index is -0.0555. The number of methoxy groups -OCH3 is 1. The maximum absolute atomic E-state index is 12.5. The zero-order valence-electron chi connectivity index (χ0n) is 14.1. The zero-order chi connectivity index (χ0) is 17.7. The molecule has 24 heavy (non-hydrogen) atoms. The van der Waals surface area contributed by atoms with Crippen molar-refractivity contribution >= 4 is 33.3 Å². The van der Waals surface area contributed by atoms with Crippen LogP contribution in [0.2, 0.25) is 5.02 Å². The summed E-state index contributed by atoms with van der Waals surface area (Å²) in [6.45, 7) is 5.45. The molecule has 2 rings (SSSR count). The highest BCUT2D eigenvalue weighted by Crippen LogP contribution is 2.28. The number of Topliss-reactive ketones (excluding diaryl/α,β-unsaturated/α-hetero) is 1. The van der Waals surface area contributed by atoms with Crippen molar-refractivity contribution < 1.29 is 14.3 Å². The number of hydrogen-bond acceptors (Lipinski definition) is 3. The molecule has 0 unspecified atom stereocenters. The molecule has 0 amide bonds. The second-order valence-electron chi connectivity index (χ2n) is 5.57. The van der Waals surface area contributed by atoms with E-state index < -0.39 is 0 Å². The summed E-state index contributed by atoms with van der Waals surface area (Å²) in [6, 6.07) is 7.22. The fourth-order valence-corrected chi connectivity index (χ4v) is 3.34. The molecule has 1 aromatic carbocycles. The van der Waals surface area contributed by atoms with Crippen molar-refractivity contribution in [3.8, 4) is 5.75 Å². The number of benzene rings is 1. The Morgan fingerprint density at radius 2 is 2.04 bits per heavy atom. The predicted octanol–water partition coefficient (Wildman–Crippen LogP) is 4.82. The van der Waals surface area contributed by atoms with Gasteiger partial charge in [0, 0.05) is 41.7 Å². The maximum Gasteiger partial charge on any atom is 0.202 e. The van der Waals surface area contributed by atoms with Gasteiger partial charge >= 0.3 is 0 Å². The van der Waals surface area contributed by atoms with Gasteiger partial charge in [0.2, 0.25) is 5.78 Å². The van der Waals surface area contributed by atoms with Gasteiger partial charge < -0.3 is 14.0 Å². The van der Waals surface area contributed by atoms with E-state index in [-0.39, 0.29) is 12.4 Å². The van der Waals surface area contributed by atoms with Crippen LogP contribution in [-0.4, -0.2) is 30.7 Å². The number of hydrogen-bond donors (Lipinski definition) is 0. The Balaban J connectivity index is 2.05. The average molecular weight is 415 g/mol. The van der Waals surface area contributed by atoms with Crippen LogP contribution < -0.4 is 4.74 Å². The van der Waals surface area contributed by atoms with E-state index in [1.54, 1.807) is 19.2 Å². The second kappa shape index (κ2) is 8.70. The zero-order valence-corrected chi connectivity index (χ0v) is 16.4. The summed E-state index contributed by atoms with van der Waals surface area (Å²) < 4.78 is 13.7. The third kappa shape index (κ3) is 4.62. The highest BCUT2D eigenvalue weighted by Gasteiger charge is 2.16. The largest absolute Gasteiger partial charge is 0.484 e. The predicted molar refractivity (Wildman–Crippen MR) is 99.4 cm³/mol. The van der Waals surface area contributed by atoms with Gasteiger partial charge in [-0.3, -0.25) is 4.79 Å². The van der Waals surface area contributed by atoms with Crippen molar-refractivity contribution in [1.82, 2.24) is 4.57 Å². The first kappa shape index (κ1) is 19.0. The smallest absolute Gasteiger partial charge is 0.202 e. The first-order chi connectivity index (χ1) is 11.4. The number of carbonyl (C=O) groups excluding carboxylic acids is 1. The van der Waals surface area contributed by atoms with Gasteiger partial charge in [0.15, 0.2) is 6.61 Å². The Morgan fingerprint density at radius 1 is 1.29 bits per heavy atom. The van der Waals surface area contributed by atoms with E-state index in [0.29, 0.717) is 22.9 Å². The van der Waals surface area contributed by atoms with Gasteiger partial charge in [0.05, 0.1) is 5.02 Å². The van der Waals surface area contributed by atoms with Crippen LogP contribution in [-0.2, 0) is 11.3 Å². The van der Waals surface area contributed by atoms with Crippen LogP contribution in [0.5, 0.6) is 5.75 Å². The lowest BCUT2D eigenvalue weighted by Gasteiger charge is -2.10. The quantitative estimate of drug-likeness (QED) is 0.459. The molecule has 0 aliphatic carbocycles. The van der Waals surface area contributed by atoms with Gasteiger partial charge in [-0.15, -0.1) is 0 Å². The first-order valence-corrected chi connectivity index (χ1v) is 8.88. The molecule has 1 aromatic heterocycles. The lowest BCUT2D eigenvalue weighted by atomic mass is 10.1. The molecule has 0 N–H and O–H groups in total. The van der Waals surface area contributed by atoms with Crippen molar-refractivity contribution in [3.05, 3.63) is 50.7 Å². The van der Waals surface area contributed by atoms with Gasteiger partial charge in [0.1, 0.15) is 5.75 Å². The van der Waals surface area contributed by atoms with Gasteiger partial charge in [-0.2, -0.15) is 0 Å². The third-order valence-corrected chi connectivity index (χ3v) is 4.65. The molecule has 0 atom stereocenters. The number of ketones is 1. The van der Waals surface area contributed by atoms with Crippen LogP contribution in [0.15, 0.2) is 28.7 Å². The van der Waals surface area contributed by atoms with Gasteiger partial charge in [-0.25, -0.2) is 0 Å². The molecule has 4 nitrogen and oxygen atoms in total. The fourth-order valence-electron chi connectivity index (χ4n) is 2.61. The van der Waals surface area contributed by atoms with Gasteiger partial charge in [-0.05, 0) is 44.5 Å². The minimum Gasteiger partial charge on any atom is -0.484 e. The molecule has 0 bridgehead atoms. The van der Waals surface area contributed by atoms with E-state index in [1.165, 1.54) is 0 Å². The van der Waals surface area contributed by atoms with E-state index in [0.717, 1.165) is 28.8 Å². The van der Waals surface area contributed by atoms with E-state index in [1.807, 2.05) is 26.0 Å². The standard InChI is InChI=1S/C18H21BrClNO3/c1-12-9-15(13(2)21(12)7-4-8-23-3)17(22)11-24-18-6-5-14(19)10-16(18)20/h5-6,9-10H,4,7-8,11H2,1-3H3. The number of rotatable bonds is 8. The fraction of sp³-hybridized carbons (Fsp3) is 0.389. The molecular formula is C18H21BrClNO3. The van der Waals surface area contributed by atoms with E-state index >= 15 is 0 Å². The number of aromatic nitrogens is 1. The summed E-state index contributed by atoms with van der Waals surface area (Å²) >= 11 is 9.45. The van der Waals surface area contributed by atoms with Crippen LogP contribution in [0.25, 0.3) is 0 Å². The molecule has 0 radical (unpaired) electrons. The van der Waals surface area contributed by atoms with Gasteiger partial charge in [0.25, 0.3) is 0 Å². The van der Waals surface area contributed by atoms with Crippen molar-refractivity contribution in [2.45, 2.75) is 26.8 Å². The number of ether oxygens (including phenoxy) is 2. The molecule has 0 saturated carbocycles. The van der Waals surface area contributed by atoms with Crippen molar-refractivity contribution in [2.24, 2.45) is 0 Å². The Hall–Kier alpha value is -1.30. The lowest BCUT2D eigenvalue weighted by Crippen LogP contribution is -2.13. The molecular weight excluding hydrogens is 394 g/mol. The highest BCUT2D eigenvalue weighted by atomic mass is 79.9. The van der Waals surface area contributed by atoms with Crippen LogP contribution in [0.1, 0.15) is 28.2 Å². The average Bonchev–Trinajstić information content (AvgIpc) is 2.82. The first-order valence-electron chi connectivity index (χ1n) is 7.70. The molecule has 0 saturated heterocycles. The summed E-state index contributed by atoms with van der Waals surface area (Å²) in [4.78, 5) is 12.5. The van der Waals surface area contributed by atoms with Crippen LogP contribution in [0, 0.1) is 13.8 Å². The number of carbonyl (C=O) groups is 1. The molecule has 0 aliphatic heterocycles. The number of nitrogens with zero attached hydrogens (tertiary/aromatic N) is 1. The summed E-state index contributed by atoms with van der Waals surface area (Å²) in [6.07, 6.45) is 0.908. The third-order valence-electron chi connectivity index (χ3n) is 3.86.